The van der Waals surface area contributed by atoms with Crippen molar-refractivity contribution in [3.05, 3.63) is 29.8 Å². The third-order valence-electron chi connectivity index (χ3n) is 3.78. The highest BCUT2D eigenvalue weighted by atomic mass is 32.2. The predicted octanol–water partition coefficient (Wildman–Crippen LogP) is 2.62. The number of halogens is 3. The fraction of sp³-hybridized carbons (Fsp3) is 0.533. The molecule has 0 radical (unpaired) electrons. The zero-order valence-corrected chi connectivity index (χ0v) is 13.9. The molecule has 0 atom stereocenters. The fourth-order valence-electron chi connectivity index (χ4n) is 2.57. The number of alkyl halides is 3. The van der Waals surface area contributed by atoms with Crippen LogP contribution < -0.4 is 0 Å². The molecule has 0 unspecified atom stereocenters. The van der Waals surface area contributed by atoms with Crippen molar-refractivity contribution in [2.24, 2.45) is 0 Å². The maximum absolute atomic E-state index is 12.9. The van der Waals surface area contributed by atoms with Gasteiger partial charge in [-0.25, -0.2) is 8.42 Å². The van der Waals surface area contributed by atoms with Gasteiger partial charge in [-0.05, 0) is 31.9 Å². The van der Waals surface area contributed by atoms with E-state index in [1.54, 1.807) is 0 Å². The smallest absolute Gasteiger partial charge is 0.381 e. The van der Waals surface area contributed by atoms with Crippen LogP contribution in [0.4, 0.5) is 13.2 Å². The molecule has 0 spiro atoms. The Morgan fingerprint density at radius 2 is 1.92 bits per heavy atom. The molecule has 1 aromatic rings. The second-order valence-corrected chi connectivity index (χ2v) is 7.48. The molecule has 0 bridgehead atoms. The molecular weight excluding hydrogens is 347 g/mol. The molecule has 1 aromatic carbocycles. The third kappa shape index (κ3) is 4.55. The van der Waals surface area contributed by atoms with Crippen molar-refractivity contribution < 1.29 is 31.1 Å². The van der Waals surface area contributed by atoms with E-state index in [0.717, 1.165) is 6.07 Å². The van der Waals surface area contributed by atoms with Gasteiger partial charge in [-0.15, -0.1) is 0 Å². The van der Waals surface area contributed by atoms with Crippen LogP contribution >= 0.6 is 0 Å². The van der Waals surface area contributed by atoms with Crippen molar-refractivity contribution in [1.82, 2.24) is 4.31 Å². The molecule has 1 saturated heterocycles. The van der Waals surface area contributed by atoms with Gasteiger partial charge in [-0.3, -0.25) is 4.79 Å². The average molecular weight is 365 g/mol. The van der Waals surface area contributed by atoms with Crippen molar-refractivity contribution >= 4 is 15.8 Å². The standard InChI is InChI=1S/C15H18F3NO4S/c1-11(20)12-3-2-4-14(9-12)24(21,22)19(10-15(16,17)18)13-5-7-23-8-6-13/h2-4,9,13H,5-8,10H2,1H3. The van der Waals surface area contributed by atoms with Crippen LogP contribution in [0, 0.1) is 0 Å². The van der Waals surface area contributed by atoms with Gasteiger partial charge in [0.1, 0.15) is 6.54 Å². The van der Waals surface area contributed by atoms with Crippen molar-refractivity contribution in [2.75, 3.05) is 19.8 Å². The molecule has 1 heterocycles. The first-order chi connectivity index (χ1) is 11.1. The minimum absolute atomic E-state index is 0.134. The largest absolute Gasteiger partial charge is 0.402 e. The molecule has 24 heavy (non-hydrogen) atoms. The van der Waals surface area contributed by atoms with Crippen LogP contribution in [0.3, 0.4) is 0 Å². The number of Topliss-reactive ketones (excluding diaryl/α,β-unsaturated/α-hetero) is 1. The molecule has 134 valence electrons. The average Bonchev–Trinajstić information content (AvgIpc) is 2.52. The van der Waals surface area contributed by atoms with E-state index in [0.29, 0.717) is 4.31 Å². The van der Waals surface area contributed by atoms with Gasteiger partial charge in [0.25, 0.3) is 0 Å². The molecule has 0 amide bonds. The number of sulfonamides is 1. The monoisotopic (exact) mass is 365 g/mol. The maximum atomic E-state index is 12.9. The van der Waals surface area contributed by atoms with E-state index in [9.17, 15) is 26.4 Å². The summed E-state index contributed by atoms with van der Waals surface area (Å²) in [6.45, 7) is 0.117. The molecule has 1 aliphatic heterocycles. The zero-order chi connectivity index (χ0) is 18.0. The van der Waals surface area contributed by atoms with Gasteiger partial charge in [0.2, 0.25) is 10.0 Å². The first-order valence-electron chi connectivity index (χ1n) is 7.38. The SMILES string of the molecule is CC(=O)c1cccc(S(=O)(=O)N(CC(F)(F)F)C2CCOCC2)c1. The molecule has 1 fully saturated rings. The molecular formula is C15H18F3NO4S. The van der Waals surface area contributed by atoms with Gasteiger partial charge in [-0.2, -0.15) is 17.5 Å². The van der Waals surface area contributed by atoms with Gasteiger partial charge in [-0.1, -0.05) is 12.1 Å². The van der Waals surface area contributed by atoms with E-state index in [4.69, 9.17) is 4.74 Å². The molecule has 0 saturated carbocycles. The third-order valence-corrected chi connectivity index (χ3v) is 5.67. The number of hydrogen-bond donors (Lipinski definition) is 0. The number of ether oxygens (including phenoxy) is 1. The Hall–Kier alpha value is -1.45. The van der Waals surface area contributed by atoms with Gasteiger partial charge >= 0.3 is 6.18 Å². The Morgan fingerprint density at radius 3 is 2.46 bits per heavy atom. The number of nitrogens with zero attached hydrogens (tertiary/aromatic N) is 1. The Balaban J connectivity index is 2.42. The Kier molecular flexibility index (Phi) is 5.67. The minimum atomic E-state index is -4.66. The van der Waals surface area contributed by atoms with E-state index < -0.39 is 28.8 Å². The van der Waals surface area contributed by atoms with Crippen molar-refractivity contribution in [2.45, 2.75) is 36.9 Å². The molecule has 2 rings (SSSR count). The fourth-order valence-corrected chi connectivity index (χ4v) is 4.29. The van der Waals surface area contributed by atoms with E-state index in [2.05, 4.69) is 0 Å². The predicted molar refractivity (Wildman–Crippen MR) is 80.2 cm³/mol. The number of benzene rings is 1. The highest BCUT2D eigenvalue weighted by Gasteiger charge is 2.41. The molecule has 9 heteroatoms. The van der Waals surface area contributed by atoms with Crippen molar-refractivity contribution in [3.63, 3.8) is 0 Å². The topological polar surface area (TPSA) is 63.7 Å². The van der Waals surface area contributed by atoms with Crippen LogP contribution in [-0.4, -0.2) is 50.5 Å². The first kappa shape index (κ1) is 18.9. The lowest BCUT2D eigenvalue weighted by molar-refractivity contribution is -0.141. The lowest BCUT2D eigenvalue weighted by atomic mass is 10.1. The Bertz CT molecular complexity index is 697. The molecule has 1 aliphatic rings. The van der Waals surface area contributed by atoms with Gasteiger partial charge in [0.15, 0.2) is 5.78 Å². The van der Waals surface area contributed by atoms with E-state index in [1.165, 1.54) is 25.1 Å². The number of ketones is 1. The number of hydrogen-bond acceptors (Lipinski definition) is 4. The summed E-state index contributed by atoms with van der Waals surface area (Å²) < 4.78 is 69.9. The lowest BCUT2D eigenvalue weighted by Crippen LogP contribution is -2.47. The Labute approximate surface area is 138 Å². The van der Waals surface area contributed by atoms with Crippen LogP contribution in [0.2, 0.25) is 0 Å². The highest BCUT2D eigenvalue weighted by molar-refractivity contribution is 7.89. The molecule has 0 N–H and O–H groups in total. The maximum Gasteiger partial charge on any atom is 0.402 e. The van der Waals surface area contributed by atoms with E-state index in [-0.39, 0.29) is 42.3 Å². The number of carbonyl (C=O) groups is 1. The quantitative estimate of drug-likeness (QED) is 0.753. The molecule has 5 nitrogen and oxygen atoms in total. The van der Waals surface area contributed by atoms with E-state index >= 15 is 0 Å². The van der Waals surface area contributed by atoms with Gasteiger partial charge in [0, 0.05) is 24.8 Å². The first-order valence-corrected chi connectivity index (χ1v) is 8.82. The summed E-state index contributed by atoms with van der Waals surface area (Å²) in [5.41, 5.74) is 0.134. The summed E-state index contributed by atoms with van der Waals surface area (Å²) in [7, 11) is -4.38. The van der Waals surface area contributed by atoms with Crippen molar-refractivity contribution in [1.29, 1.82) is 0 Å². The zero-order valence-electron chi connectivity index (χ0n) is 13.0. The summed E-state index contributed by atoms with van der Waals surface area (Å²) in [4.78, 5) is 11.1. The van der Waals surface area contributed by atoms with Gasteiger partial charge < -0.3 is 4.74 Å². The number of rotatable bonds is 5. The van der Waals surface area contributed by atoms with E-state index in [1.807, 2.05) is 0 Å². The van der Waals surface area contributed by atoms with Crippen molar-refractivity contribution in [3.8, 4) is 0 Å². The lowest BCUT2D eigenvalue weighted by Gasteiger charge is -2.33. The number of carbonyl (C=O) groups excluding carboxylic acids is 1. The summed E-state index contributed by atoms with van der Waals surface area (Å²) in [5.74, 6) is -0.361. The highest BCUT2D eigenvalue weighted by Crippen LogP contribution is 2.28. The normalized spacial score (nSPS) is 17.2. The van der Waals surface area contributed by atoms with Crippen LogP contribution in [0.1, 0.15) is 30.1 Å². The summed E-state index contributed by atoms with van der Waals surface area (Å²) in [6.07, 6.45) is -4.27. The second-order valence-electron chi connectivity index (χ2n) is 5.59. The van der Waals surface area contributed by atoms with Crippen LogP contribution in [0.25, 0.3) is 0 Å². The van der Waals surface area contributed by atoms with Crippen LogP contribution in [-0.2, 0) is 14.8 Å². The summed E-state index contributed by atoms with van der Waals surface area (Å²) >= 11 is 0. The molecule has 0 aromatic heterocycles. The summed E-state index contributed by atoms with van der Waals surface area (Å²) in [5, 5.41) is 0. The van der Waals surface area contributed by atoms with Crippen LogP contribution in [0.5, 0.6) is 0 Å². The van der Waals surface area contributed by atoms with Crippen LogP contribution in [0.15, 0.2) is 29.2 Å². The van der Waals surface area contributed by atoms with Gasteiger partial charge in [0.05, 0.1) is 4.90 Å². The second kappa shape index (κ2) is 7.20. The minimum Gasteiger partial charge on any atom is -0.381 e. The summed E-state index contributed by atoms with van der Waals surface area (Å²) in [6, 6.07) is 4.29. The molecule has 0 aliphatic carbocycles. The Morgan fingerprint density at radius 1 is 1.29 bits per heavy atom.